The highest BCUT2D eigenvalue weighted by atomic mass is 32.2. The van der Waals surface area contributed by atoms with Gasteiger partial charge in [-0.2, -0.15) is 0 Å². The monoisotopic (exact) mass is 456 g/mol. The second-order valence-electron chi connectivity index (χ2n) is 7.60. The lowest BCUT2D eigenvalue weighted by Gasteiger charge is -2.26. The van der Waals surface area contributed by atoms with Crippen molar-refractivity contribution in [3.63, 3.8) is 0 Å². The zero-order valence-electron chi connectivity index (χ0n) is 18.7. The molecule has 0 unspecified atom stereocenters. The van der Waals surface area contributed by atoms with E-state index in [-0.39, 0.29) is 23.8 Å². The first kappa shape index (κ1) is 23.4. The summed E-state index contributed by atoms with van der Waals surface area (Å²) in [5.74, 6) is 1.09. The van der Waals surface area contributed by atoms with Gasteiger partial charge in [0.15, 0.2) is 0 Å². The molecule has 0 bridgehead atoms. The molecule has 3 aromatic rings. The maximum atomic E-state index is 13.5. The summed E-state index contributed by atoms with van der Waals surface area (Å²) in [7, 11) is -0.666. The number of anilines is 1. The smallest absolute Gasteiger partial charge is 0.264 e. The van der Waals surface area contributed by atoms with E-state index in [9.17, 15) is 13.2 Å². The molecular formula is C24H28N2O5S. The minimum atomic E-state index is -3.88. The number of sulfonamides is 1. The Kier molecular flexibility index (Phi) is 7.25. The third-order valence-electron chi connectivity index (χ3n) is 5.35. The van der Waals surface area contributed by atoms with E-state index in [1.165, 1.54) is 9.21 Å². The van der Waals surface area contributed by atoms with Gasteiger partial charge < -0.3 is 14.1 Å². The summed E-state index contributed by atoms with van der Waals surface area (Å²) >= 11 is 0. The number of rotatable bonds is 9. The van der Waals surface area contributed by atoms with Crippen molar-refractivity contribution in [2.75, 3.05) is 25.0 Å². The first-order valence-corrected chi connectivity index (χ1v) is 11.7. The van der Waals surface area contributed by atoms with Crippen LogP contribution >= 0.6 is 0 Å². The average Bonchev–Trinajstić information content (AvgIpc) is 3.28. The van der Waals surface area contributed by atoms with Crippen molar-refractivity contribution in [3.8, 4) is 5.75 Å². The summed E-state index contributed by atoms with van der Waals surface area (Å²) in [4.78, 5) is 14.4. The molecule has 0 saturated heterocycles. The number of carbonyl (C=O) groups excluding carboxylic acids is 1. The number of ether oxygens (including phenoxy) is 1. The molecule has 32 heavy (non-hydrogen) atoms. The summed E-state index contributed by atoms with van der Waals surface area (Å²) in [6.45, 7) is 4.13. The molecule has 2 aromatic carbocycles. The zero-order chi connectivity index (χ0) is 23.3. The normalized spacial score (nSPS) is 11.2. The third kappa shape index (κ3) is 5.31. The van der Waals surface area contributed by atoms with E-state index in [1.54, 1.807) is 75.0 Å². The van der Waals surface area contributed by atoms with E-state index in [4.69, 9.17) is 9.15 Å². The van der Waals surface area contributed by atoms with Crippen molar-refractivity contribution in [1.82, 2.24) is 4.90 Å². The van der Waals surface area contributed by atoms with Gasteiger partial charge in [0, 0.05) is 20.0 Å². The van der Waals surface area contributed by atoms with Crippen LogP contribution in [0.4, 0.5) is 5.69 Å². The molecule has 0 radical (unpaired) electrons. The standard InChI is InChI=1S/C24H28N2O5S/c1-18-7-12-23(16-19(18)2)32(28,29)26(20-8-10-21(30-4)11-9-20)14-13-24(27)25(3)17-22-6-5-15-31-22/h5-12,15-16H,13-14,17H2,1-4H3. The number of hydrogen-bond donors (Lipinski definition) is 0. The molecule has 1 amide bonds. The molecule has 1 aromatic heterocycles. The SMILES string of the molecule is COc1ccc(N(CCC(=O)N(C)Cc2ccco2)S(=O)(=O)c2ccc(C)c(C)c2)cc1. The fourth-order valence-electron chi connectivity index (χ4n) is 3.25. The lowest BCUT2D eigenvalue weighted by Crippen LogP contribution is -2.36. The van der Waals surface area contributed by atoms with Gasteiger partial charge in [0.25, 0.3) is 10.0 Å². The first-order valence-electron chi connectivity index (χ1n) is 10.2. The number of furan rings is 1. The predicted molar refractivity (Wildman–Crippen MR) is 123 cm³/mol. The van der Waals surface area contributed by atoms with Gasteiger partial charge in [-0.1, -0.05) is 6.07 Å². The third-order valence-corrected chi connectivity index (χ3v) is 7.18. The Hall–Kier alpha value is -3.26. The van der Waals surface area contributed by atoms with Crippen molar-refractivity contribution < 1.29 is 22.4 Å². The molecule has 0 aliphatic rings. The molecule has 1 heterocycles. The molecule has 0 atom stereocenters. The number of carbonyl (C=O) groups is 1. The van der Waals surface area contributed by atoms with Crippen molar-refractivity contribution in [2.24, 2.45) is 0 Å². The number of benzene rings is 2. The minimum Gasteiger partial charge on any atom is -0.497 e. The van der Waals surface area contributed by atoms with Crippen LogP contribution in [0, 0.1) is 13.8 Å². The Balaban J connectivity index is 1.86. The first-order chi connectivity index (χ1) is 15.2. The highest BCUT2D eigenvalue weighted by molar-refractivity contribution is 7.92. The summed E-state index contributed by atoms with van der Waals surface area (Å²) in [6.07, 6.45) is 1.57. The van der Waals surface area contributed by atoms with Crippen LogP contribution in [0.3, 0.4) is 0 Å². The minimum absolute atomic E-state index is 0.00289. The van der Waals surface area contributed by atoms with E-state index in [1.807, 2.05) is 13.8 Å². The molecule has 0 aliphatic carbocycles. The lowest BCUT2D eigenvalue weighted by molar-refractivity contribution is -0.130. The van der Waals surface area contributed by atoms with Crippen LogP contribution in [0.5, 0.6) is 5.75 Å². The van der Waals surface area contributed by atoms with Gasteiger partial charge in [-0.15, -0.1) is 0 Å². The molecule has 0 fully saturated rings. The Morgan fingerprint density at radius 3 is 2.34 bits per heavy atom. The largest absolute Gasteiger partial charge is 0.497 e. The van der Waals surface area contributed by atoms with Crippen molar-refractivity contribution >= 4 is 21.6 Å². The van der Waals surface area contributed by atoms with Gasteiger partial charge in [0.1, 0.15) is 11.5 Å². The molecular weight excluding hydrogens is 428 g/mol. The summed E-state index contributed by atoms with van der Waals surface area (Å²) in [5, 5.41) is 0. The van der Waals surface area contributed by atoms with Gasteiger partial charge >= 0.3 is 0 Å². The second-order valence-corrected chi connectivity index (χ2v) is 9.46. The summed E-state index contributed by atoms with van der Waals surface area (Å²) in [6, 6.07) is 15.3. The van der Waals surface area contributed by atoms with E-state index < -0.39 is 10.0 Å². The molecule has 0 saturated carbocycles. The van der Waals surface area contributed by atoms with Crippen LogP contribution in [-0.2, 0) is 21.4 Å². The van der Waals surface area contributed by atoms with Crippen LogP contribution in [-0.4, -0.2) is 39.9 Å². The van der Waals surface area contributed by atoms with Gasteiger partial charge in [-0.05, 0) is 73.5 Å². The van der Waals surface area contributed by atoms with Gasteiger partial charge in [-0.3, -0.25) is 9.10 Å². The van der Waals surface area contributed by atoms with Gasteiger partial charge in [0.2, 0.25) is 5.91 Å². The van der Waals surface area contributed by atoms with Gasteiger partial charge in [-0.25, -0.2) is 8.42 Å². The van der Waals surface area contributed by atoms with Crippen molar-refractivity contribution in [2.45, 2.75) is 31.7 Å². The van der Waals surface area contributed by atoms with E-state index >= 15 is 0 Å². The topological polar surface area (TPSA) is 80.1 Å². The Bertz CT molecular complexity index is 1160. The van der Waals surface area contributed by atoms with E-state index in [0.29, 0.717) is 23.7 Å². The average molecular weight is 457 g/mol. The Morgan fingerprint density at radius 1 is 1.03 bits per heavy atom. The van der Waals surface area contributed by atoms with Crippen LogP contribution in [0.15, 0.2) is 70.2 Å². The molecule has 8 heteroatoms. The van der Waals surface area contributed by atoms with Crippen LogP contribution < -0.4 is 9.04 Å². The second kappa shape index (κ2) is 9.91. The molecule has 0 spiro atoms. The molecule has 3 rings (SSSR count). The quantitative estimate of drug-likeness (QED) is 0.483. The fraction of sp³-hybridized carbons (Fsp3) is 0.292. The highest BCUT2D eigenvalue weighted by Crippen LogP contribution is 2.27. The van der Waals surface area contributed by atoms with Crippen LogP contribution in [0.25, 0.3) is 0 Å². The molecule has 170 valence electrons. The molecule has 0 aliphatic heterocycles. The number of hydrogen-bond acceptors (Lipinski definition) is 5. The Labute approximate surface area is 189 Å². The zero-order valence-corrected chi connectivity index (χ0v) is 19.6. The van der Waals surface area contributed by atoms with Crippen LogP contribution in [0.1, 0.15) is 23.3 Å². The van der Waals surface area contributed by atoms with E-state index in [2.05, 4.69) is 0 Å². The molecule has 0 N–H and O–H groups in total. The van der Waals surface area contributed by atoms with Crippen LogP contribution in [0.2, 0.25) is 0 Å². The highest BCUT2D eigenvalue weighted by Gasteiger charge is 2.26. The van der Waals surface area contributed by atoms with E-state index in [0.717, 1.165) is 11.1 Å². The summed E-state index contributed by atoms with van der Waals surface area (Å²) in [5.41, 5.74) is 2.36. The number of aryl methyl sites for hydroxylation is 2. The van der Waals surface area contributed by atoms with Crippen molar-refractivity contribution in [3.05, 3.63) is 77.7 Å². The number of amides is 1. The number of nitrogens with zero attached hydrogens (tertiary/aromatic N) is 2. The predicted octanol–water partition coefficient (Wildman–Crippen LogP) is 4.15. The maximum Gasteiger partial charge on any atom is 0.264 e. The summed E-state index contributed by atoms with van der Waals surface area (Å²) < 4.78 is 38.8. The fourth-order valence-corrected chi connectivity index (χ4v) is 4.80. The maximum absolute atomic E-state index is 13.5. The lowest BCUT2D eigenvalue weighted by atomic mass is 10.1. The van der Waals surface area contributed by atoms with Crippen molar-refractivity contribution in [1.29, 1.82) is 0 Å². The Morgan fingerprint density at radius 2 is 1.75 bits per heavy atom. The van der Waals surface area contributed by atoms with Gasteiger partial charge in [0.05, 0.1) is 30.5 Å². The molecule has 7 nitrogen and oxygen atoms in total. The number of methoxy groups -OCH3 is 1.